The Morgan fingerprint density at radius 2 is 1.93 bits per heavy atom. The molecule has 1 aliphatic heterocycles. The molecule has 1 unspecified atom stereocenters. The number of aromatic nitrogens is 1. The van der Waals surface area contributed by atoms with E-state index in [4.69, 9.17) is 14.2 Å². The van der Waals surface area contributed by atoms with Gasteiger partial charge >= 0.3 is 5.97 Å². The minimum atomic E-state index is -0.607. The normalized spacial score (nSPS) is 15.1. The summed E-state index contributed by atoms with van der Waals surface area (Å²) in [5.41, 5.74) is 1.59. The van der Waals surface area contributed by atoms with Gasteiger partial charge in [0.15, 0.2) is 18.1 Å². The van der Waals surface area contributed by atoms with Gasteiger partial charge in [-0.15, -0.1) is 0 Å². The van der Waals surface area contributed by atoms with Crippen LogP contribution in [0.4, 0.5) is 0 Å². The molecule has 0 aliphatic carbocycles. The molecule has 1 N–H and O–H groups in total. The van der Waals surface area contributed by atoms with Gasteiger partial charge in [-0.25, -0.2) is 4.79 Å². The maximum atomic E-state index is 12.0. The molecule has 0 fully saturated rings. The number of amides is 1. The van der Waals surface area contributed by atoms with Crippen molar-refractivity contribution in [1.82, 2.24) is 10.3 Å². The smallest absolute Gasteiger partial charge is 0.331 e. The van der Waals surface area contributed by atoms with E-state index in [1.807, 2.05) is 54.6 Å². The second kappa shape index (κ2) is 9.09. The predicted molar refractivity (Wildman–Crippen MR) is 111 cm³/mol. The molecular weight excluding hydrogens is 384 g/mol. The van der Waals surface area contributed by atoms with Crippen molar-refractivity contribution >= 4 is 28.9 Å². The van der Waals surface area contributed by atoms with Gasteiger partial charge < -0.3 is 19.5 Å². The Bertz CT molecular complexity index is 1090. The van der Waals surface area contributed by atoms with Gasteiger partial charge in [0.05, 0.1) is 12.1 Å². The van der Waals surface area contributed by atoms with Gasteiger partial charge in [-0.3, -0.25) is 9.78 Å². The molecule has 4 rings (SSSR count). The van der Waals surface area contributed by atoms with Crippen LogP contribution in [0.2, 0.25) is 0 Å². The highest BCUT2D eigenvalue weighted by Gasteiger charge is 2.21. The first kappa shape index (κ1) is 19.4. The monoisotopic (exact) mass is 404 g/mol. The summed E-state index contributed by atoms with van der Waals surface area (Å²) in [4.78, 5) is 28.2. The number of para-hydroxylation sites is 3. The lowest BCUT2D eigenvalue weighted by atomic mass is 10.1. The lowest BCUT2D eigenvalue weighted by molar-refractivity contribution is -0.143. The number of hydrogen-bond donors (Lipinski definition) is 1. The van der Waals surface area contributed by atoms with Crippen LogP contribution in [0.25, 0.3) is 17.0 Å². The van der Waals surface area contributed by atoms with E-state index in [1.165, 1.54) is 6.08 Å². The molecule has 0 spiro atoms. The number of esters is 1. The summed E-state index contributed by atoms with van der Waals surface area (Å²) in [6.07, 6.45) is 4.30. The van der Waals surface area contributed by atoms with Gasteiger partial charge in [0.25, 0.3) is 5.91 Å². The third kappa shape index (κ3) is 4.75. The zero-order valence-electron chi connectivity index (χ0n) is 16.1. The van der Waals surface area contributed by atoms with E-state index in [0.717, 1.165) is 16.5 Å². The Morgan fingerprint density at radius 1 is 1.10 bits per heavy atom. The quantitative estimate of drug-likeness (QED) is 0.502. The third-order valence-corrected chi connectivity index (χ3v) is 4.50. The Labute approximate surface area is 173 Å². The molecule has 1 atom stereocenters. The maximum Gasteiger partial charge on any atom is 0.331 e. The third-order valence-electron chi connectivity index (χ3n) is 4.50. The SMILES string of the molecule is O=C(COC(=O)/C=C/c1cccc2cccnc12)NCC1COc2ccccc2O1. The summed E-state index contributed by atoms with van der Waals surface area (Å²) in [5.74, 6) is 0.306. The second-order valence-electron chi connectivity index (χ2n) is 6.67. The van der Waals surface area contributed by atoms with Crippen molar-refractivity contribution in [3.63, 3.8) is 0 Å². The van der Waals surface area contributed by atoms with Crippen molar-refractivity contribution in [2.75, 3.05) is 19.8 Å². The van der Waals surface area contributed by atoms with Crippen LogP contribution < -0.4 is 14.8 Å². The average molecular weight is 404 g/mol. The zero-order valence-corrected chi connectivity index (χ0v) is 16.1. The number of nitrogens with one attached hydrogen (secondary N) is 1. The van der Waals surface area contributed by atoms with Crippen LogP contribution in [0, 0.1) is 0 Å². The zero-order chi connectivity index (χ0) is 20.8. The van der Waals surface area contributed by atoms with Crippen molar-refractivity contribution < 1.29 is 23.8 Å². The number of carbonyl (C=O) groups excluding carboxylic acids is 2. The van der Waals surface area contributed by atoms with Crippen LogP contribution in [0.15, 0.2) is 66.9 Å². The average Bonchev–Trinajstić information content (AvgIpc) is 2.79. The molecule has 1 amide bonds. The molecule has 2 aromatic carbocycles. The topological polar surface area (TPSA) is 86.8 Å². The molecule has 7 nitrogen and oxygen atoms in total. The Morgan fingerprint density at radius 3 is 2.83 bits per heavy atom. The van der Waals surface area contributed by atoms with E-state index in [0.29, 0.717) is 18.1 Å². The number of nitrogens with zero attached hydrogens (tertiary/aromatic N) is 1. The summed E-state index contributed by atoms with van der Waals surface area (Å²) in [6.45, 7) is 0.211. The number of rotatable bonds is 6. The molecule has 7 heteroatoms. The first-order valence-corrected chi connectivity index (χ1v) is 9.53. The highest BCUT2D eigenvalue weighted by molar-refractivity contribution is 5.93. The van der Waals surface area contributed by atoms with E-state index in [1.54, 1.807) is 12.3 Å². The first-order valence-electron chi connectivity index (χ1n) is 9.53. The van der Waals surface area contributed by atoms with Gasteiger partial charge in [0.2, 0.25) is 0 Å². The number of fused-ring (bicyclic) bond motifs is 2. The lowest BCUT2D eigenvalue weighted by Gasteiger charge is -2.26. The molecule has 30 heavy (non-hydrogen) atoms. The van der Waals surface area contributed by atoms with Crippen LogP contribution in [0.5, 0.6) is 11.5 Å². The first-order chi connectivity index (χ1) is 14.7. The maximum absolute atomic E-state index is 12.0. The van der Waals surface area contributed by atoms with Crippen LogP contribution in [-0.2, 0) is 14.3 Å². The van der Waals surface area contributed by atoms with E-state index >= 15 is 0 Å². The minimum Gasteiger partial charge on any atom is -0.486 e. The summed E-state index contributed by atoms with van der Waals surface area (Å²) in [5, 5.41) is 3.66. The van der Waals surface area contributed by atoms with Crippen LogP contribution in [0.1, 0.15) is 5.56 Å². The summed E-state index contributed by atoms with van der Waals surface area (Å²) >= 11 is 0. The Kier molecular flexibility index (Phi) is 5.89. The standard InChI is InChI=1S/C23H20N2O5/c26-21(25-13-18-14-28-19-8-1-2-9-20(19)30-18)15-29-22(27)11-10-17-6-3-5-16-7-4-12-24-23(16)17/h1-12,18H,13-15H2,(H,25,26)/b11-10+. The Hall–Kier alpha value is -3.87. The molecule has 152 valence electrons. The van der Waals surface area contributed by atoms with Gasteiger partial charge in [0.1, 0.15) is 12.7 Å². The number of hydrogen-bond acceptors (Lipinski definition) is 6. The van der Waals surface area contributed by atoms with Crippen molar-refractivity contribution in [3.8, 4) is 11.5 Å². The van der Waals surface area contributed by atoms with Crippen molar-refractivity contribution in [2.24, 2.45) is 0 Å². The second-order valence-corrected chi connectivity index (χ2v) is 6.67. The summed E-state index contributed by atoms with van der Waals surface area (Å²) < 4.78 is 16.4. The lowest BCUT2D eigenvalue weighted by Crippen LogP contribution is -2.42. The van der Waals surface area contributed by atoms with E-state index in [9.17, 15) is 9.59 Å². The van der Waals surface area contributed by atoms with Gasteiger partial charge in [-0.2, -0.15) is 0 Å². The van der Waals surface area contributed by atoms with Gasteiger partial charge in [0, 0.05) is 23.2 Å². The molecular formula is C23H20N2O5. The van der Waals surface area contributed by atoms with Crippen LogP contribution in [0.3, 0.4) is 0 Å². The summed E-state index contributed by atoms with van der Waals surface area (Å²) in [6, 6.07) is 16.8. The van der Waals surface area contributed by atoms with Gasteiger partial charge in [-0.1, -0.05) is 36.4 Å². The molecule has 0 saturated heterocycles. The van der Waals surface area contributed by atoms with Crippen LogP contribution >= 0.6 is 0 Å². The number of carbonyl (C=O) groups is 2. The molecule has 1 aliphatic rings. The highest BCUT2D eigenvalue weighted by Crippen LogP contribution is 2.30. The molecule has 0 saturated carbocycles. The molecule has 0 bridgehead atoms. The molecule has 2 heterocycles. The Balaban J connectivity index is 1.23. The van der Waals surface area contributed by atoms with Crippen molar-refractivity contribution in [1.29, 1.82) is 0 Å². The van der Waals surface area contributed by atoms with Crippen molar-refractivity contribution in [3.05, 3.63) is 72.4 Å². The predicted octanol–water partition coefficient (Wildman–Crippen LogP) is 2.75. The fraction of sp³-hybridized carbons (Fsp3) is 0.174. The largest absolute Gasteiger partial charge is 0.486 e. The van der Waals surface area contributed by atoms with E-state index < -0.39 is 11.9 Å². The van der Waals surface area contributed by atoms with E-state index in [-0.39, 0.29) is 19.3 Å². The van der Waals surface area contributed by atoms with Crippen molar-refractivity contribution in [2.45, 2.75) is 6.10 Å². The minimum absolute atomic E-state index is 0.252. The molecule has 3 aromatic rings. The summed E-state index contributed by atoms with van der Waals surface area (Å²) in [7, 11) is 0. The van der Waals surface area contributed by atoms with Gasteiger partial charge in [-0.05, 0) is 24.3 Å². The van der Waals surface area contributed by atoms with Crippen LogP contribution in [-0.4, -0.2) is 42.7 Å². The molecule has 1 aromatic heterocycles. The number of benzene rings is 2. The van der Waals surface area contributed by atoms with E-state index in [2.05, 4.69) is 10.3 Å². The number of pyridine rings is 1. The number of ether oxygens (including phenoxy) is 3. The highest BCUT2D eigenvalue weighted by atomic mass is 16.6. The fourth-order valence-corrected chi connectivity index (χ4v) is 3.05. The fourth-order valence-electron chi connectivity index (χ4n) is 3.05. The molecule has 0 radical (unpaired) electrons.